The van der Waals surface area contributed by atoms with Crippen LogP contribution < -0.4 is 5.43 Å². The van der Waals surface area contributed by atoms with Crippen LogP contribution in [0.15, 0.2) is 77.9 Å². The van der Waals surface area contributed by atoms with E-state index in [-0.39, 0.29) is 0 Å². The SMILES string of the molecule is Cc1cc(/C=N\Nc2ccc3ccccc3n2)c(C)n1-c1ccccc1. The second kappa shape index (κ2) is 6.84. The van der Waals surface area contributed by atoms with Gasteiger partial charge in [-0.25, -0.2) is 4.98 Å². The predicted molar refractivity (Wildman–Crippen MR) is 108 cm³/mol. The number of hydrazone groups is 1. The summed E-state index contributed by atoms with van der Waals surface area (Å²) in [5, 5.41) is 5.50. The first kappa shape index (κ1) is 16.1. The molecule has 0 fully saturated rings. The number of hydrogen-bond acceptors (Lipinski definition) is 3. The molecule has 4 heteroatoms. The third-order valence-electron chi connectivity index (χ3n) is 4.47. The summed E-state index contributed by atoms with van der Waals surface area (Å²) in [5.41, 5.74) is 8.56. The lowest BCUT2D eigenvalue weighted by molar-refractivity contribution is 0.965. The van der Waals surface area contributed by atoms with Gasteiger partial charge in [0.25, 0.3) is 0 Å². The summed E-state index contributed by atoms with van der Waals surface area (Å²) < 4.78 is 2.23. The molecule has 1 N–H and O–H groups in total. The monoisotopic (exact) mass is 340 g/mol. The van der Waals surface area contributed by atoms with Crippen molar-refractivity contribution in [2.45, 2.75) is 13.8 Å². The molecule has 4 nitrogen and oxygen atoms in total. The highest BCUT2D eigenvalue weighted by atomic mass is 15.3. The molecule has 0 atom stereocenters. The number of fused-ring (bicyclic) bond motifs is 1. The summed E-state index contributed by atoms with van der Waals surface area (Å²) >= 11 is 0. The zero-order valence-corrected chi connectivity index (χ0v) is 14.8. The fourth-order valence-electron chi connectivity index (χ4n) is 3.19. The van der Waals surface area contributed by atoms with Crippen LogP contribution in [0.25, 0.3) is 16.6 Å². The fourth-order valence-corrected chi connectivity index (χ4v) is 3.19. The van der Waals surface area contributed by atoms with E-state index >= 15 is 0 Å². The lowest BCUT2D eigenvalue weighted by Gasteiger charge is -2.09. The number of anilines is 1. The summed E-state index contributed by atoms with van der Waals surface area (Å²) in [6.45, 7) is 4.21. The molecule has 0 aliphatic rings. The smallest absolute Gasteiger partial charge is 0.146 e. The molecule has 0 amide bonds. The van der Waals surface area contributed by atoms with Crippen LogP contribution >= 0.6 is 0 Å². The molecule has 2 heterocycles. The van der Waals surface area contributed by atoms with Crippen molar-refractivity contribution in [1.82, 2.24) is 9.55 Å². The number of nitrogens with one attached hydrogen (secondary N) is 1. The van der Waals surface area contributed by atoms with Crippen molar-refractivity contribution in [3.05, 3.63) is 89.7 Å². The molecule has 0 aliphatic heterocycles. The maximum Gasteiger partial charge on any atom is 0.146 e. The number of hydrogen-bond donors (Lipinski definition) is 1. The number of para-hydroxylation sites is 2. The standard InChI is InChI=1S/C22H20N4/c1-16-14-19(17(2)26(16)20-9-4-3-5-10-20)15-23-25-22-13-12-18-8-6-7-11-21(18)24-22/h3-15H,1-2H3,(H,24,25)/b23-15-. The highest BCUT2D eigenvalue weighted by molar-refractivity contribution is 5.83. The fraction of sp³-hybridized carbons (Fsp3) is 0.0909. The van der Waals surface area contributed by atoms with Crippen molar-refractivity contribution in [2.24, 2.45) is 5.10 Å². The third-order valence-corrected chi connectivity index (χ3v) is 4.47. The Morgan fingerprint density at radius 3 is 2.54 bits per heavy atom. The molecule has 26 heavy (non-hydrogen) atoms. The van der Waals surface area contributed by atoms with Crippen LogP contribution in [0.2, 0.25) is 0 Å². The van der Waals surface area contributed by atoms with Gasteiger partial charge in [0.2, 0.25) is 0 Å². The molecule has 0 saturated heterocycles. The van der Waals surface area contributed by atoms with E-state index in [0.29, 0.717) is 0 Å². The van der Waals surface area contributed by atoms with Crippen molar-refractivity contribution < 1.29 is 0 Å². The van der Waals surface area contributed by atoms with E-state index in [2.05, 4.69) is 64.3 Å². The van der Waals surface area contributed by atoms with Crippen LogP contribution in [0.3, 0.4) is 0 Å². The average molecular weight is 340 g/mol. The summed E-state index contributed by atoms with van der Waals surface area (Å²) in [4.78, 5) is 4.57. The number of nitrogens with zero attached hydrogens (tertiary/aromatic N) is 3. The molecule has 2 aromatic carbocycles. The number of aryl methyl sites for hydroxylation is 1. The van der Waals surface area contributed by atoms with Crippen molar-refractivity contribution >= 4 is 22.9 Å². The van der Waals surface area contributed by atoms with Gasteiger partial charge in [-0.3, -0.25) is 5.43 Å². The lowest BCUT2D eigenvalue weighted by Crippen LogP contribution is -1.99. The highest BCUT2D eigenvalue weighted by Gasteiger charge is 2.08. The number of aromatic nitrogens is 2. The maximum atomic E-state index is 4.57. The topological polar surface area (TPSA) is 42.2 Å². The predicted octanol–water partition coefficient (Wildman–Crippen LogP) is 5.09. The molecule has 4 aromatic rings. The van der Waals surface area contributed by atoms with Crippen molar-refractivity contribution in [1.29, 1.82) is 0 Å². The number of rotatable bonds is 4. The van der Waals surface area contributed by atoms with Crippen LogP contribution in [0.1, 0.15) is 17.0 Å². The Bertz CT molecular complexity index is 1080. The van der Waals surface area contributed by atoms with E-state index < -0.39 is 0 Å². The van der Waals surface area contributed by atoms with E-state index in [1.54, 1.807) is 0 Å². The van der Waals surface area contributed by atoms with Gasteiger partial charge in [-0.05, 0) is 50.2 Å². The molecular formula is C22H20N4. The highest BCUT2D eigenvalue weighted by Crippen LogP contribution is 2.19. The second-order valence-corrected chi connectivity index (χ2v) is 6.26. The second-order valence-electron chi connectivity index (χ2n) is 6.26. The largest absolute Gasteiger partial charge is 0.318 e. The van der Waals surface area contributed by atoms with Gasteiger partial charge in [-0.1, -0.05) is 36.4 Å². The quantitative estimate of drug-likeness (QED) is 0.415. The van der Waals surface area contributed by atoms with E-state index in [0.717, 1.165) is 33.7 Å². The average Bonchev–Trinajstić information content (AvgIpc) is 2.96. The maximum absolute atomic E-state index is 4.57. The van der Waals surface area contributed by atoms with Crippen LogP contribution in [0, 0.1) is 13.8 Å². The zero-order valence-electron chi connectivity index (χ0n) is 14.8. The van der Waals surface area contributed by atoms with Gasteiger partial charge in [-0.15, -0.1) is 0 Å². The minimum Gasteiger partial charge on any atom is -0.318 e. The van der Waals surface area contributed by atoms with E-state index in [1.165, 1.54) is 5.69 Å². The van der Waals surface area contributed by atoms with Gasteiger partial charge in [0, 0.05) is 28.0 Å². The van der Waals surface area contributed by atoms with Crippen molar-refractivity contribution in [3.63, 3.8) is 0 Å². The van der Waals surface area contributed by atoms with Gasteiger partial charge in [0.1, 0.15) is 5.82 Å². The van der Waals surface area contributed by atoms with Crippen molar-refractivity contribution in [3.8, 4) is 5.69 Å². The minimum absolute atomic E-state index is 0.733. The third kappa shape index (κ3) is 3.09. The number of benzene rings is 2. The first-order chi connectivity index (χ1) is 12.7. The molecule has 0 bridgehead atoms. The number of pyridine rings is 1. The molecule has 0 spiro atoms. The molecular weight excluding hydrogens is 320 g/mol. The lowest BCUT2D eigenvalue weighted by atomic mass is 10.2. The van der Waals surface area contributed by atoms with E-state index in [1.807, 2.05) is 48.7 Å². The Hall–Kier alpha value is -3.40. The Kier molecular flexibility index (Phi) is 4.23. The normalized spacial score (nSPS) is 11.3. The van der Waals surface area contributed by atoms with Gasteiger partial charge in [-0.2, -0.15) is 5.10 Å². The minimum atomic E-state index is 0.733. The molecule has 0 unspecified atom stereocenters. The first-order valence-electron chi connectivity index (χ1n) is 8.61. The Labute approximate surface area is 152 Å². The molecule has 2 aromatic heterocycles. The molecule has 4 rings (SSSR count). The van der Waals surface area contributed by atoms with Crippen LogP contribution in [-0.2, 0) is 0 Å². The van der Waals surface area contributed by atoms with Gasteiger partial charge >= 0.3 is 0 Å². The summed E-state index contributed by atoms with van der Waals surface area (Å²) in [5.74, 6) is 0.733. The molecule has 128 valence electrons. The summed E-state index contributed by atoms with van der Waals surface area (Å²) in [6.07, 6.45) is 1.85. The van der Waals surface area contributed by atoms with E-state index in [9.17, 15) is 0 Å². The summed E-state index contributed by atoms with van der Waals surface area (Å²) in [6, 6.07) is 24.5. The van der Waals surface area contributed by atoms with Gasteiger partial charge in [0.15, 0.2) is 0 Å². The van der Waals surface area contributed by atoms with Crippen LogP contribution in [-0.4, -0.2) is 15.8 Å². The van der Waals surface area contributed by atoms with Crippen LogP contribution in [0.5, 0.6) is 0 Å². The van der Waals surface area contributed by atoms with E-state index in [4.69, 9.17) is 0 Å². The Morgan fingerprint density at radius 1 is 0.923 bits per heavy atom. The Balaban J connectivity index is 1.57. The molecule has 0 aliphatic carbocycles. The van der Waals surface area contributed by atoms with Gasteiger partial charge in [0.05, 0.1) is 11.7 Å². The summed E-state index contributed by atoms with van der Waals surface area (Å²) in [7, 11) is 0. The molecule has 0 radical (unpaired) electrons. The van der Waals surface area contributed by atoms with Gasteiger partial charge < -0.3 is 4.57 Å². The van der Waals surface area contributed by atoms with Crippen molar-refractivity contribution in [2.75, 3.05) is 5.43 Å². The zero-order chi connectivity index (χ0) is 17.9. The first-order valence-corrected chi connectivity index (χ1v) is 8.61. The van der Waals surface area contributed by atoms with Crippen LogP contribution in [0.4, 0.5) is 5.82 Å². The molecule has 0 saturated carbocycles. The Morgan fingerprint density at radius 2 is 1.69 bits per heavy atom.